The minimum atomic E-state index is 0.576. The highest BCUT2D eigenvalue weighted by Gasteiger charge is 1.98. The van der Waals surface area contributed by atoms with Gasteiger partial charge in [-0.2, -0.15) is 0 Å². The Balaban J connectivity index is 2.47. The number of halogens is 1. The Kier molecular flexibility index (Phi) is 4.81. The molecule has 0 fully saturated rings. The minimum absolute atomic E-state index is 0.576. The fourth-order valence-corrected chi connectivity index (χ4v) is 1.30. The molecule has 1 rings (SSSR count). The largest absolute Gasteiger partial charge is 0.494 e. The lowest BCUT2D eigenvalue weighted by Crippen LogP contribution is -1.97. The fraction of sp³-hybridized carbons (Fsp3) is 0.500. The van der Waals surface area contributed by atoms with Crippen LogP contribution < -0.4 is 4.74 Å². The lowest BCUT2D eigenvalue weighted by atomic mass is 10.0. The van der Waals surface area contributed by atoms with Gasteiger partial charge in [-0.3, -0.25) is 0 Å². The van der Waals surface area contributed by atoms with Gasteiger partial charge in [-0.05, 0) is 30.0 Å². The SMILES string of the molecule is CC(C)c1ccc(OCCCCl)cc1. The van der Waals surface area contributed by atoms with Crippen molar-refractivity contribution in [2.45, 2.75) is 26.2 Å². The number of alkyl halides is 1. The van der Waals surface area contributed by atoms with Crippen molar-refractivity contribution in [1.82, 2.24) is 0 Å². The van der Waals surface area contributed by atoms with Gasteiger partial charge < -0.3 is 4.74 Å². The third-order valence-corrected chi connectivity index (χ3v) is 2.36. The molecule has 1 nitrogen and oxygen atoms in total. The maximum absolute atomic E-state index is 5.55. The quantitative estimate of drug-likeness (QED) is 0.533. The molecular weight excluding hydrogens is 196 g/mol. The first-order valence-corrected chi connectivity index (χ1v) is 5.56. The molecule has 0 spiro atoms. The minimum Gasteiger partial charge on any atom is -0.494 e. The zero-order valence-electron chi connectivity index (χ0n) is 8.79. The number of hydrogen-bond acceptors (Lipinski definition) is 1. The van der Waals surface area contributed by atoms with Crippen LogP contribution in [0.4, 0.5) is 0 Å². The number of ether oxygens (including phenoxy) is 1. The maximum Gasteiger partial charge on any atom is 0.119 e. The molecule has 2 heteroatoms. The summed E-state index contributed by atoms with van der Waals surface area (Å²) in [6, 6.07) is 8.26. The summed E-state index contributed by atoms with van der Waals surface area (Å²) < 4.78 is 5.50. The van der Waals surface area contributed by atoms with E-state index in [1.54, 1.807) is 0 Å². The second-order valence-electron chi connectivity index (χ2n) is 3.61. The van der Waals surface area contributed by atoms with Crippen molar-refractivity contribution >= 4 is 11.6 Å². The first kappa shape index (κ1) is 11.4. The summed E-state index contributed by atoms with van der Waals surface area (Å²) in [5.41, 5.74) is 1.34. The monoisotopic (exact) mass is 212 g/mol. The van der Waals surface area contributed by atoms with E-state index in [9.17, 15) is 0 Å². The maximum atomic E-state index is 5.55. The van der Waals surface area contributed by atoms with Gasteiger partial charge in [0.2, 0.25) is 0 Å². The Bertz CT molecular complexity index is 254. The second kappa shape index (κ2) is 5.92. The van der Waals surface area contributed by atoms with Gasteiger partial charge >= 0.3 is 0 Å². The summed E-state index contributed by atoms with van der Waals surface area (Å²) in [4.78, 5) is 0. The third-order valence-electron chi connectivity index (χ3n) is 2.09. The molecule has 0 aliphatic heterocycles. The van der Waals surface area contributed by atoms with E-state index in [0.717, 1.165) is 12.2 Å². The van der Waals surface area contributed by atoms with E-state index < -0.39 is 0 Å². The van der Waals surface area contributed by atoms with Gasteiger partial charge in [0.1, 0.15) is 5.75 Å². The van der Waals surface area contributed by atoms with Gasteiger partial charge in [0.15, 0.2) is 0 Å². The predicted molar refractivity (Wildman–Crippen MR) is 61.4 cm³/mol. The van der Waals surface area contributed by atoms with Crippen LogP contribution in [0, 0.1) is 0 Å². The van der Waals surface area contributed by atoms with E-state index in [-0.39, 0.29) is 0 Å². The second-order valence-corrected chi connectivity index (χ2v) is 3.99. The van der Waals surface area contributed by atoms with Gasteiger partial charge in [-0.15, -0.1) is 11.6 Å². The first-order chi connectivity index (χ1) is 6.74. The summed E-state index contributed by atoms with van der Waals surface area (Å²) in [6.45, 7) is 5.07. The van der Waals surface area contributed by atoms with Crippen molar-refractivity contribution in [1.29, 1.82) is 0 Å². The lowest BCUT2D eigenvalue weighted by molar-refractivity contribution is 0.318. The van der Waals surface area contributed by atoms with Crippen LogP contribution >= 0.6 is 11.6 Å². The van der Waals surface area contributed by atoms with E-state index >= 15 is 0 Å². The summed E-state index contributed by atoms with van der Waals surface area (Å²) >= 11 is 5.55. The van der Waals surface area contributed by atoms with Crippen molar-refractivity contribution in [2.24, 2.45) is 0 Å². The number of hydrogen-bond donors (Lipinski definition) is 0. The van der Waals surface area contributed by atoms with Gasteiger partial charge in [-0.25, -0.2) is 0 Å². The molecule has 0 saturated heterocycles. The Hall–Kier alpha value is -0.690. The Morgan fingerprint density at radius 3 is 2.36 bits per heavy atom. The van der Waals surface area contributed by atoms with Crippen LogP contribution in [0.3, 0.4) is 0 Å². The van der Waals surface area contributed by atoms with E-state index in [4.69, 9.17) is 16.3 Å². The molecule has 0 atom stereocenters. The topological polar surface area (TPSA) is 9.23 Å². The third kappa shape index (κ3) is 3.59. The molecule has 0 aliphatic carbocycles. The molecule has 0 N–H and O–H groups in total. The molecule has 0 unspecified atom stereocenters. The van der Waals surface area contributed by atoms with Crippen LogP contribution in [0.1, 0.15) is 31.7 Å². The van der Waals surface area contributed by atoms with E-state index in [2.05, 4.69) is 26.0 Å². The molecule has 0 radical (unpaired) electrons. The zero-order valence-corrected chi connectivity index (χ0v) is 9.55. The molecule has 1 aromatic carbocycles. The highest BCUT2D eigenvalue weighted by atomic mass is 35.5. The predicted octanol–water partition coefficient (Wildman–Crippen LogP) is 3.82. The standard InChI is InChI=1S/C12H17ClO/c1-10(2)11-4-6-12(7-5-11)14-9-3-8-13/h4-7,10H,3,8-9H2,1-2H3. The fourth-order valence-electron chi connectivity index (χ4n) is 1.19. The molecule has 14 heavy (non-hydrogen) atoms. The molecule has 1 aromatic rings. The van der Waals surface area contributed by atoms with Crippen LogP contribution in [0.5, 0.6) is 5.75 Å². The van der Waals surface area contributed by atoms with Crippen LogP contribution in [-0.4, -0.2) is 12.5 Å². The molecule has 0 bridgehead atoms. The van der Waals surface area contributed by atoms with Gasteiger partial charge in [0, 0.05) is 5.88 Å². The molecule has 0 saturated carbocycles. The smallest absolute Gasteiger partial charge is 0.119 e. The average Bonchev–Trinajstić information content (AvgIpc) is 2.19. The van der Waals surface area contributed by atoms with Crippen LogP contribution in [-0.2, 0) is 0 Å². The highest BCUT2D eigenvalue weighted by Crippen LogP contribution is 2.18. The Morgan fingerprint density at radius 2 is 1.86 bits per heavy atom. The summed E-state index contributed by atoms with van der Waals surface area (Å²) in [6.07, 6.45) is 0.896. The Labute approximate surface area is 91.0 Å². The average molecular weight is 213 g/mol. The zero-order chi connectivity index (χ0) is 10.4. The van der Waals surface area contributed by atoms with Crippen LogP contribution in [0.2, 0.25) is 0 Å². The molecule has 0 amide bonds. The normalized spacial score (nSPS) is 10.6. The van der Waals surface area contributed by atoms with Crippen molar-refractivity contribution in [2.75, 3.05) is 12.5 Å². The molecular formula is C12H17ClO. The summed E-state index contributed by atoms with van der Waals surface area (Å²) in [5.74, 6) is 2.16. The molecule has 0 aromatic heterocycles. The van der Waals surface area contributed by atoms with Crippen LogP contribution in [0.15, 0.2) is 24.3 Å². The number of rotatable bonds is 5. The number of benzene rings is 1. The van der Waals surface area contributed by atoms with E-state index in [1.807, 2.05) is 12.1 Å². The highest BCUT2D eigenvalue weighted by molar-refractivity contribution is 6.17. The molecule has 0 aliphatic rings. The van der Waals surface area contributed by atoms with Crippen molar-refractivity contribution in [3.63, 3.8) is 0 Å². The van der Waals surface area contributed by atoms with Gasteiger partial charge in [0.25, 0.3) is 0 Å². The van der Waals surface area contributed by atoms with Crippen LogP contribution in [0.25, 0.3) is 0 Å². The first-order valence-electron chi connectivity index (χ1n) is 5.02. The van der Waals surface area contributed by atoms with Gasteiger partial charge in [-0.1, -0.05) is 26.0 Å². The lowest BCUT2D eigenvalue weighted by Gasteiger charge is -2.08. The van der Waals surface area contributed by atoms with E-state index in [1.165, 1.54) is 5.56 Å². The van der Waals surface area contributed by atoms with Crippen molar-refractivity contribution in [3.05, 3.63) is 29.8 Å². The molecule has 78 valence electrons. The summed E-state index contributed by atoms with van der Waals surface area (Å²) in [7, 11) is 0. The molecule has 0 heterocycles. The van der Waals surface area contributed by atoms with Crippen molar-refractivity contribution < 1.29 is 4.74 Å². The van der Waals surface area contributed by atoms with E-state index in [0.29, 0.717) is 18.4 Å². The van der Waals surface area contributed by atoms with Crippen molar-refractivity contribution in [3.8, 4) is 5.75 Å². The summed E-state index contributed by atoms with van der Waals surface area (Å²) in [5, 5.41) is 0. The van der Waals surface area contributed by atoms with Gasteiger partial charge in [0.05, 0.1) is 6.61 Å². The Morgan fingerprint density at radius 1 is 1.21 bits per heavy atom.